The van der Waals surface area contributed by atoms with Crippen molar-refractivity contribution < 1.29 is 0 Å². The van der Waals surface area contributed by atoms with Gasteiger partial charge in [0.2, 0.25) is 0 Å². The van der Waals surface area contributed by atoms with Gasteiger partial charge in [-0.2, -0.15) is 5.10 Å². The second kappa shape index (κ2) is 4.84. The summed E-state index contributed by atoms with van der Waals surface area (Å²) in [6.07, 6.45) is 5.76. The van der Waals surface area contributed by atoms with Crippen LogP contribution in [-0.2, 0) is 13.5 Å². The number of anilines is 1. The molecule has 2 N–H and O–H groups in total. The minimum absolute atomic E-state index is 0.324. The molecule has 0 bridgehead atoms. The van der Waals surface area contributed by atoms with E-state index in [-0.39, 0.29) is 0 Å². The van der Waals surface area contributed by atoms with Crippen LogP contribution in [0.1, 0.15) is 39.1 Å². The van der Waals surface area contributed by atoms with E-state index >= 15 is 0 Å². The van der Waals surface area contributed by atoms with Gasteiger partial charge in [0.15, 0.2) is 0 Å². The predicted molar refractivity (Wildman–Crippen MR) is 73.2 cm³/mol. The maximum absolute atomic E-state index is 6.24. The van der Waals surface area contributed by atoms with Gasteiger partial charge < -0.3 is 10.3 Å². The van der Waals surface area contributed by atoms with E-state index in [1.54, 1.807) is 10.9 Å². The number of aryl methyl sites for hydroxylation is 2. The van der Waals surface area contributed by atoms with Crippen LogP contribution in [0.2, 0.25) is 0 Å². The molecule has 0 atom stereocenters. The van der Waals surface area contributed by atoms with Gasteiger partial charge in [-0.3, -0.25) is 4.68 Å². The fourth-order valence-electron chi connectivity index (χ4n) is 2.23. The van der Waals surface area contributed by atoms with E-state index in [2.05, 4.69) is 35.4 Å². The summed E-state index contributed by atoms with van der Waals surface area (Å²) in [5.74, 6) is 1.80. The van der Waals surface area contributed by atoms with Gasteiger partial charge in [0, 0.05) is 31.3 Å². The Morgan fingerprint density at radius 3 is 2.61 bits per heavy atom. The summed E-state index contributed by atoms with van der Waals surface area (Å²) in [7, 11) is 1.89. The number of aromatic nitrogens is 4. The lowest BCUT2D eigenvalue weighted by Crippen LogP contribution is -2.09. The zero-order valence-corrected chi connectivity index (χ0v) is 11.5. The third kappa shape index (κ3) is 2.12. The first kappa shape index (κ1) is 12.7. The first-order valence-electron chi connectivity index (χ1n) is 6.40. The molecule has 0 aliphatic carbocycles. The van der Waals surface area contributed by atoms with Crippen LogP contribution < -0.4 is 5.73 Å². The van der Waals surface area contributed by atoms with E-state index in [0.29, 0.717) is 6.04 Å². The molecule has 0 spiro atoms. The quantitative estimate of drug-likeness (QED) is 0.902. The van der Waals surface area contributed by atoms with Crippen molar-refractivity contribution in [2.75, 3.05) is 5.73 Å². The Hall–Kier alpha value is -1.78. The molecular weight excluding hydrogens is 226 g/mol. The fourth-order valence-corrected chi connectivity index (χ4v) is 2.23. The first-order chi connectivity index (χ1) is 8.54. The Morgan fingerprint density at radius 2 is 2.11 bits per heavy atom. The molecule has 2 heterocycles. The number of hydrogen-bond donors (Lipinski definition) is 1. The van der Waals surface area contributed by atoms with Crippen molar-refractivity contribution >= 4 is 5.82 Å². The Morgan fingerprint density at radius 1 is 1.39 bits per heavy atom. The Bertz CT molecular complexity index is 536. The lowest BCUT2D eigenvalue weighted by Gasteiger charge is -2.12. The molecule has 0 fully saturated rings. The average molecular weight is 247 g/mol. The minimum Gasteiger partial charge on any atom is -0.383 e. The normalized spacial score (nSPS) is 11.4. The van der Waals surface area contributed by atoms with Crippen LogP contribution in [0, 0.1) is 0 Å². The maximum atomic E-state index is 6.24. The molecule has 0 amide bonds. The lowest BCUT2D eigenvalue weighted by atomic mass is 10.2. The average Bonchev–Trinajstić information content (AvgIpc) is 2.83. The Labute approximate surface area is 108 Å². The highest BCUT2D eigenvalue weighted by Crippen LogP contribution is 2.29. The van der Waals surface area contributed by atoms with Crippen LogP contribution in [0.25, 0.3) is 11.3 Å². The van der Waals surface area contributed by atoms with Crippen molar-refractivity contribution in [3.63, 3.8) is 0 Å². The SMILES string of the molecule is CCCc1nc(-c2cnn(C)c2)c(N)n1C(C)C. The number of rotatable bonds is 4. The van der Waals surface area contributed by atoms with E-state index in [0.717, 1.165) is 35.7 Å². The second-order valence-corrected chi connectivity index (χ2v) is 4.88. The zero-order chi connectivity index (χ0) is 13.3. The van der Waals surface area contributed by atoms with Crippen LogP contribution in [0.4, 0.5) is 5.82 Å². The topological polar surface area (TPSA) is 61.7 Å². The number of nitrogens with two attached hydrogens (primary N) is 1. The van der Waals surface area contributed by atoms with Crippen LogP contribution in [0.15, 0.2) is 12.4 Å². The molecule has 98 valence electrons. The second-order valence-electron chi connectivity index (χ2n) is 4.88. The van der Waals surface area contributed by atoms with E-state index < -0.39 is 0 Å². The highest BCUT2D eigenvalue weighted by atomic mass is 15.2. The molecule has 0 saturated heterocycles. The number of hydrogen-bond acceptors (Lipinski definition) is 3. The van der Waals surface area contributed by atoms with Crippen molar-refractivity contribution in [2.24, 2.45) is 7.05 Å². The molecule has 0 radical (unpaired) electrons. The van der Waals surface area contributed by atoms with Gasteiger partial charge in [-0.1, -0.05) is 6.92 Å². The highest BCUT2D eigenvalue weighted by Gasteiger charge is 2.18. The first-order valence-corrected chi connectivity index (χ1v) is 6.40. The molecule has 18 heavy (non-hydrogen) atoms. The van der Waals surface area contributed by atoms with Gasteiger partial charge in [-0.15, -0.1) is 0 Å². The van der Waals surface area contributed by atoms with Crippen LogP contribution in [0.5, 0.6) is 0 Å². The van der Waals surface area contributed by atoms with Crippen LogP contribution in [0.3, 0.4) is 0 Å². The fraction of sp³-hybridized carbons (Fsp3) is 0.538. The van der Waals surface area contributed by atoms with E-state index in [1.165, 1.54) is 0 Å². The molecule has 2 aromatic rings. The minimum atomic E-state index is 0.324. The molecule has 0 aliphatic heterocycles. The lowest BCUT2D eigenvalue weighted by molar-refractivity contribution is 0.571. The summed E-state index contributed by atoms with van der Waals surface area (Å²) < 4.78 is 3.88. The monoisotopic (exact) mass is 247 g/mol. The summed E-state index contributed by atoms with van der Waals surface area (Å²) in [6, 6.07) is 0.324. The van der Waals surface area contributed by atoms with Gasteiger partial charge in [0.1, 0.15) is 17.3 Å². The molecule has 0 aromatic carbocycles. The van der Waals surface area contributed by atoms with Crippen LogP contribution in [-0.4, -0.2) is 19.3 Å². The van der Waals surface area contributed by atoms with Gasteiger partial charge in [0.25, 0.3) is 0 Å². The largest absolute Gasteiger partial charge is 0.383 e. The Kier molecular flexibility index (Phi) is 3.41. The number of nitrogens with zero attached hydrogens (tertiary/aromatic N) is 4. The molecule has 0 unspecified atom stereocenters. The van der Waals surface area contributed by atoms with Crippen molar-refractivity contribution in [3.8, 4) is 11.3 Å². The van der Waals surface area contributed by atoms with Gasteiger partial charge in [-0.25, -0.2) is 4.98 Å². The summed E-state index contributed by atoms with van der Waals surface area (Å²) in [5.41, 5.74) is 8.07. The summed E-state index contributed by atoms with van der Waals surface area (Å²) >= 11 is 0. The number of imidazole rings is 1. The zero-order valence-electron chi connectivity index (χ0n) is 11.5. The van der Waals surface area contributed by atoms with Crippen molar-refractivity contribution in [1.82, 2.24) is 19.3 Å². The van der Waals surface area contributed by atoms with Gasteiger partial charge in [0.05, 0.1) is 6.20 Å². The summed E-state index contributed by atoms with van der Waals surface area (Å²) in [5, 5.41) is 4.18. The molecule has 0 saturated carbocycles. The van der Waals surface area contributed by atoms with Crippen molar-refractivity contribution in [3.05, 3.63) is 18.2 Å². The third-order valence-electron chi connectivity index (χ3n) is 2.99. The molecule has 2 rings (SSSR count). The van der Waals surface area contributed by atoms with Crippen molar-refractivity contribution in [1.29, 1.82) is 0 Å². The molecule has 0 aliphatic rings. The van der Waals surface area contributed by atoms with Gasteiger partial charge >= 0.3 is 0 Å². The smallest absolute Gasteiger partial charge is 0.132 e. The molecule has 5 nitrogen and oxygen atoms in total. The maximum Gasteiger partial charge on any atom is 0.132 e. The van der Waals surface area contributed by atoms with E-state index in [4.69, 9.17) is 5.73 Å². The predicted octanol–water partition coefficient (Wildman–Crippen LogP) is 2.40. The van der Waals surface area contributed by atoms with Gasteiger partial charge in [-0.05, 0) is 20.3 Å². The van der Waals surface area contributed by atoms with E-state index in [9.17, 15) is 0 Å². The highest BCUT2D eigenvalue weighted by molar-refractivity contribution is 5.70. The summed E-state index contributed by atoms with van der Waals surface area (Å²) in [4.78, 5) is 4.69. The van der Waals surface area contributed by atoms with Crippen molar-refractivity contribution in [2.45, 2.75) is 39.7 Å². The van der Waals surface area contributed by atoms with E-state index in [1.807, 2.05) is 13.2 Å². The standard InChI is InChI=1S/C13H21N5/c1-5-6-11-16-12(10-7-15-17(4)8-10)13(14)18(11)9(2)3/h7-9H,5-6,14H2,1-4H3. The third-order valence-corrected chi connectivity index (χ3v) is 2.99. The van der Waals surface area contributed by atoms with Crippen LogP contribution >= 0.6 is 0 Å². The molecule has 5 heteroatoms. The summed E-state index contributed by atoms with van der Waals surface area (Å²) in [6.45, 7) is 6.41. The Balaban J connectivity index is 2.52. The molecule has 2 aromatic heterocycles. The number of nitrogen functional groups attached to an aromatic ring is 1. The molecular formula is C13H21N5.